The Hall–Kier alpha value is -1.00. The molecule has 0 unspecified atom stereocenters. The first-order valence-electron chi connectivity index (χ1n) is 5.99. The van der Waals surface area contributed by atoms with Gasteiger partial charge in [0.25, 0.3) is 0 Å². The van der Waals surface area contributed by atoms with Crippen molar-refractivity contribution in [3.05, 3.63) is 29.8 Å². The molecule has 1 aliphatic heterocycles. The van der Waals surface area contributed by atoms with Gasteiger partial charge >= 0.3 is 0 Å². The summed E-state index contributed by atoms with van der Waals surface area (Å²) in [6.07, 6.45) is 2.31. The Morgan fingerprint density at radius 3 is 2.47 bits per heavy atom. The Labute approximate surface area is 106 Å². The summed E-state index contributed by atoms with van der Waals surface area (Å²) in [7, 11) is 0. The maximum Gasteiger partial charge on any atom is 0.232 e. The van der Waals surface area contributed by atoms with Crippen LogP contribution in [0, 0.1) is 0 Å². The summed E-state index contributed by atoms with van der Waals surface area (Å²) in [6.45, 7) is 2.44. The third-order valence-electron chi connectivity index (χ3n) is 2.98. The topological polar surface area (TPSA) is 46.3 Å². The van der Waals surface area contributed by atoms with Crippen molar-refractivity contribution in [1.29, 1.82) is 0 Å². The number of amides is 1. The first-order valence-corrected chi connectivity index (χ1v) is 6.98. The maximum absolute atomic E-state index is 11.8. The summed E-state index contributed by atoms with van der Waals surface area (Å²) in [6, 6.07) is 8.10. The monoisotopic (exact) mass is 250 g/mol. The summed E-state index contributed by atoms with van der Waals surface area (Å²) < 4.78 is 0. The molecular formula is C13H18N2OS. The summed E-state index contributed by atoms with van der Waals surface area (Å²) in [5.74, 6) is 0.803. The van der Waals surface area contributed by atoms with E-state index < -0.39 is 0 Å². The average molecular weight is 250 g/mol. The highest BCUT2D eigenvalue weighted by molar-refractivity contribution is 8.00. The number of hydrogen-bond donors (Lipinski definition) is 1. The number of likely N-dealkylation sites (tertiary alicyclic amines) is 1. The van der Waals surface area contributed by atoms with Crippen LogP contribution in [-0.2, 0) is 11.3 Å². The Kier molecular flexibility index (Phi) is 4.45. The summed E-state index contributed by atoms with van der Waals surface area (Å²) in [5, 5.41) is 0. The van der Waals surface area contributed by atoms with E-state index in [9.17, 15) is 4.79 Å². The fourth-order valence-corrected chi connectivity index (χ4v) is 2.73. The van der Waals surface area contributed by atoms with Crippen LogP contribution >= 0.6 is 11.8 Å². The van der Waals surface area contributed by atoms with Crippen molar-refractivity contribution in [3.63, 3.8) is 0 Å². The molecule has 1 heterocycles. The quantitative estimate of drug-likeness (QED) is 0.830. The lowest BCUT2D eigenvalue weighted by atomic mass is 10.2. The number of benzene rings is 1. The number of carbonyl (C=O) groups excluding carboxylic acids is 1. The molecule has 2 rings (SSSR count). The molecule has 1 saturated heterocycles. The number of rotatable bonds is 4. The second kappa shape index (κ2) is 6.07. The first kappa shape index (κ1) is 12.5. The van der Waals surface area contributed by atoms with Gasteiger partial charge in [0, 0.05) is 24.5 Å². The van der Waals surface area contributed by atoms with Gasteiger partial charge in [-0.2, -0.15) is 0 Å². The van der Waals surface area contributed by atoms with Crippen LogP contribution in [0.15, 0.2) is 29.2 Å². The highest BCUT2D eigenvalue weighted by Gasteiger charge is 2.17. The number of nitrogens with zero attached hydrogens (tertiary/aromatic N) is 1. The molecule has 3 nitrogen and oxygen atoms in total. The molecule has 1 aromatic carbocycles. The second-order valence-corrected chi connectivity index (χ2v) is 5.27. The lowest BCUT2D eigenvalue weighted by molar-refractivity contribution is -0.127. The molecule has 0 atom stereocenters. The summed E-state index contributed by atoms with van der Waals surface area (Å²) in [4.78, 5) is 14.9. The van der Waals surface area contributed by atoms with Gasteiger partial charge in [0.15, 0.2) is 0 Å². The third-order valence-corrected chi connectivity index (χ3v) is 3.98. The van der Waals surface area contributed by atoms with E-state index in [0.29, 0.717) is 12.3 Å². The minimum atomic E-state index is 0.260. The van der Waals surface area contributed by atoms with Crippen molar-refractivity contribution < 1.29 is 4.79 Å². The first-order chi connectivity index (χ1) is 8.29. The highest BCUT2D eigenvalue weighted by atomic mass is 32.2. The fraction of sp³-hybridized carbons (Fsp3) is 0.462. The van der Waals surface area contributed by atoms with Gasteiger partial charge in [-0.1, -0.05) is 12.1 Å². The van der Waals surface area contributed by atoms with Crippen LogP contribution in [0.5, 0.6) is 0 Å². The van der Waals surface area contributed by atoms with E-state index in [-0.39, 0.29) is 5.91 Å². The molecule has 0 saturated carbocycles. The fourth-order valence-electron chi connectivity index (χ4n) is 1.92. The lowest BCUT2D eigenvalue weighted by Crippen LogP contribution is -2.29. The zero-order valence-corrected chi connectivity index (χ0v) is 10.7. The molecule has 1 aliphatic rings. The predicted octanol–water partition coefficient (Wildman–Crippen LogP) is 1.86. The van der Waals surface area contributed by atoms with Crippen molar-refractivity contribution in [2.24, 2.45) is 5.73 Å². The highest BCUT2D eigenvalue weighted by Crippen LogP contribution is 2.19. The maximum atomic E-state index is 11.8. The van der Waals surface area contributed by atoms with Crippen molar-refractivity contribution in [2.75, 3.05) is 18.8 Å². The van der Waals surface area contributed by atoms with Crippen LogP contribution in [0.25, 0.3) is 0 Å². The van der Waals surface area contributed by atoms with Gasteiger partial charge in [0.2, 0.25) is 5.91 Å². The Morgan fingerprint density at radius 2 is 1.88 bits per heavy atom. The van der Waals surface area contributed by atoms with Crippen molar-refractivity contribution >= 4 is 17.7 Å². The van der Waals surface area contributed by atoms with Crippen LogP contribution in [0.2, 0.25) is 0 Å². The van der Waals surface area contributed by atoms with Crippen LogP contribution < -0.4 is 5.73 Å². The zero-order chi connectivity index (χ0) is 12.1. The minimum Gasteiger partial charge on any atom is -0.342 e. The Morgan fingerprint density at radius 1 is 1.24 bits per heavy atom. The Bertz CT molecular complexity index is 372. The van der Waals surface area contributed by atoms with Gasteiger partial charge in [-0.05, 0) is 30.5 Å². The Balaban J connectivity index is 1.82. The molecule has 0 radical (unpaired) electrons. The van der Waals surface area contributed by atoms with Crippen LogP contribution in [0.3, 0.4) is 0 Å². The largest absolute Gasteiger partial charge is 0.342 e. The van der Waals surface area contributed by atoms with E-state index in [1.807, 2.05) is 29.2 Å². The molecule has 17 heavy (non-hydrogen) atoms. The second-order valence-electron chi connectivity index (χ2n) is 4.22. The number of thioether (sulfide) groups is 1. The van der Waals surface area contributed by atoms with E-state index in [0.717, 1.165) is 36.4 Å². The molecular weight excluding hydrogens is 232 g/mol. The van der Waals surface area contributed by atoms with Gasteiger partial charge in [-0.25, -0.2) is 0 Å². The molecule has 1 aromatic rings. The van der Waals surface area contributed by atoms with Gasteiger partial charge in [0.1, 0.15) is 0 Å². The normalized spacial score (nSPS) is 15.2. The molecule has 92 valence electrons. The molecule has 0 spiro atoms. The van der Waals surface area contributed by atoms with Crippen LogP contribution in [0.4, 0.5) is 0 Å². The average Bonchev–Trinajstić information content (AvgIpc) is 2.90. The molecule has 1 fully saturated rings. The number of carbonyl (C=O) groups is 1. The van der Waals surface area contributed by atoms with Gasteiger partial charge in [-0.3, -0.25) is 4.79 Å². The van der Waals surface area contributed by atoms with Gasteiger partial charge < -0.3 is 10.6 Å². The third kappa shape index (κ3) is 3.48. The summed E-state index contributed by atoms with van der Waals surface area (Å²) >= 11 is 1.60. The van der Waals surface area contributed by atoms with Crippen LogP contribution in [0.1, 0.15) is 18.4 Å². The molecule has 1 amide bonds. The standard InChI is InChI=1S/C13H18N2OS/c14-9-11-3-5-12(6-4-11)17-10-13(16)15-7-1-2-8-15/h3-6H,1-2,7-10,14H2. The smallest absolute Gasteiger partial charge is 0.232 e. The van der Waals surface area contributed by atoms with Gasteiger partial charge in [-0.15, -0.1) is 11.8 Å². The minimum absolute atomic E-state index is 0.260. The predicted molar refractivity (Wildman–Crippen MR) is 70.9 cm³/mol. The summed E-state index contributed by atoms with van der Waals surface area (Å²) in [5.41, 5.74) is 6.66. The van der Waals surface area contributed by atoms with E-state index in [2.05, 4.69) is 0 Å². The van der Waals surface area contributed by atoms with E-state index in [4.69, 9.17) is 5.73 Å². The van der Waals surface area contributed by atoms with Crippen LogP contribution in [-0.4, -0.2) is 29.6 Å². The van der Waals surface area contributed by atoms with Crippen molar-refractivity contribution in [2.45, 2.75) is 24.3 Å². The van der Waals surface area contributed by atoms with Crippen molar-refractivity contribution in [1.82, 2.24) is 4.90 Å². The van der Waals surface area contributed by atoms with Gasteiger partial charge in [0.05, 0.1) is 5.75 Å². The lowest BCUT2D eigenvalue weighted by Gasteiger charge is -2.14. The van der Waals surface area contributed by atoms with Crippen molar-refractivity contribution in [3.8, 4) is 0 Å². The van der Waals surface area contributed by atoms with E-state index in [1.165, 1.54) is 0 Å². The number of nitrogens with two attached hydrogens (primary N) is 1. The molecule has 4 heteroatoms. The molecule has 0 aliphatic carbocycles. The number of hydrogen-bond acceptors (Lipinski definition) is 3. The molecule has 0 aromatic heterocycles. The molecule has 2 N–H and O–H groups in total. The molecule has 0 bridgehead atoms. The van der Waals surface area contributed by atoms with E-state index in [1.54, 1.807) is 11.8 Å². The van der Waals surface area contributed by atoms with E-state index >= 15 is 0 Å². The zero-order valence-electron chi connectivity index (χ0n) is 9.89. The SMILES string of the molecule is NCc1ccc(SCC(=O)N2CCCC2)cc1.